The van der Waals surface area contributed by atoms with Gasteiger partial charge in [0.1, 0.15) is 0 Å². The Kier molecular flexibility index (Phi) is 2.69. The monoisotopic (exact) mass is 268 g/mol. The molecule has 15 heavy (non-hydrogen) atoms. The van der Waals surface area contributed by atoms with E-state index in [4.69, 9.17) is 0 Å². The van der Waals surface area contributed by atoms with Crippen molar-refractivity contribution in [2.24, 2.45) is 5.92 Å². The van der Waals surface area contributed by atoms with Crippen LogP contribution in [0.1, 0.15) is 25.5 Å². The van der Waals surface area contributed by atoms with E-state index >= 15 is 0 Å². The van der Waals surface area contributed by atoms with Crippen LogP contribution in [0.3, 0.4) is 0 Å². The van der Waals surface area contributed by atoms with Gasteiger partial charge in [0.15, 0.2) is 0 Å². The van der Waals surface area contributed by atoms with Gasteiger partial charge in [-0.3, -0.25) is 0 Å². The first kappa shape index (κ1) is 10.5. The molecule has 1 atom stereocenters. The van der Waals surface area contributed by atoms with Crippen molar-refractivity contribution in [1.82, 2.24) is 5.32 Å². The summed E-state index contributed by atoms with van der Waals surface area (Å²) in [6, 6.07) is 5.87. The van der Waals surface area contributed by atoms with Crippen molar-refractivity contribution in [3.8, 4) is 0 Å². The summed E-state index contributed by atoms with van der Waals surface area (Å²) in [4.78, 5) is 11.4. The first-order valence-corrected chi connectivity index (χ1v) is 5.74. The third kappa shape index (κ3) is 2.00. The van der Waals surface area contributed by atoms with Crippen LogP contribution >= 0.6 is 15.9 Å². The van der Waals surface area contributed by atoms with Crippen molar-refractivity contribution < 1.29 is 4.79 Å². The minimum atomic E-state index is -0.122. The van der Waals surface area contributed by atoms with E-state index in [0.29, 0.717) is 5.92 Å². The van der Waals surface area contributed by atoms with Crippen LogP contribution in [0, 0.1) is 5.92 Å². The molecule has 1 aliphatic rings. The van der Waals surface area contributed by atoms with E-state index in [2.05, 4.69) is 40.4 Å². The lowest BCUT2D eigenvalue weighted by atomic mass is 9.93. The number of amides is 2. The Morgan fingerprint density at radius 1 is 1.40 bits per heavy atom. The number of halogens is 1. The van der Waals surface area contributed by atoms with Gasteiger partial charge >= 0.3 is 6.03 Å². The van der Waals surface area contributed by atoms with Crippen molar-refractivity contribution in [2.45, 2.75) is 19.9 Å². The first-order chi connectivity index (χ1) is 7.08. The Hall–Kier alpha value is -1.03. The van der Waals surface area contributed by atoms with Gasteiger partial charge in [-0.15, -0.1) is 0 Å². The highest BCUT2D eigenvalue weighted by Gasteiger charge is 2.26. The molecule has 0 aliphatic carbocycles. The molecule has 2 rings (SSSR count). The lowest BCUT2D eigenvalue weighted by Gasteiger charge is -2.30. The minimum absolute atomic E-state index is 0.0891. The van der Waals surface area contributed by atoms with E-state index in [1.54, 1.807) is 0 Å². The van der Waals surface area contributed by atoms with E-state index < -0.39 is 0 Å². The molecular formula is C11H13BrN2O. The lowest BCUT2D eigenvalue weighted by molar-refractivity contribution is 0.243. The molecule has 0 radical (unpaired) electrons. The van der Waals surface area contributed by atoms with Gasteiger partial charge in [-0.05, 0) is 29.7 Å². The number of urea groups is 1. The summed E-state index contributed by atoms with van der Waals surface area (Å²) in [5, 5.41) is 5.73. The minimum Gasteiger partial charge on any atom is -0.331 e. The number of hydrogen-bond donors (Lipinski definition) is 2. The summed E-state index contributed by atoms with van der Waals surface area (Å²) >= 11 is 3.44. The second-order valence-electron chi connectivity index (χ2n) is 4.05. The van der Waals surface area contributed by atoms with E-state index in [-0.39, 0.29) is 12.1 Å². The Balaban J connectivity index is 2.47. The zero-order chi connectivity index (χ0) is 11.0. The van der Waals surface area contributed by atoms with Crippen LogP contribution in [-0.2, 0) is 0 Å². The number of carbonyl (C=O) groups excluding carboxylic acids is 1. The topological polar surface area (TPSA) is 41.1 Å². The normalized spacial score (nSPS) is 19.5. The average Bonchev–Trinajstić information content (AvgIpc) is 2.17. The molecule has 80 valence electrons. The molecule has 0 fully saturated rings. The number of nitrogens with one attached hydrogen (secondary N) is 2. The third-order valence-corrected chi connectivity index (χ3v) is 3.04. The summed E-state index contributed by atoms with van der Waals surface area (Å²) in [6.45, 7) is 4.20. The highest BCUT2D eigenvalue weighted by Crippen LogP contribution is 2.33. The number of anilines is 1. The summed E-state index contributed by atoms with van der Waals surface area (Å²) in [5.74, 6) is 0.379. The van der Waals surface area contributed by atoms with Gasteiger partial charge in [0.25, 0.3) is 0 Å². The largest absolute Gasteiger partial charge is 0.331 e. The van der Waals surface area contributed by atoms with Crippen molar-refractivity contribution in [1.29, 1.82) is 0 Å². The highest BCUT2D eigenvalue weighted by molar-refractivity contribution is 9.10. The van der Waals surface area contributed by atoms with Crippen LogP contribution in [0.5, 0.6) is 0 Å². The quantitative estimate of drug-likeness (QED) is 0.807. The number of hydrogen-bond acceptors (Lipinski definition) is 1. The fourth-order valence-electron chi connectivity index (χ4n) is 1.81. The third-order valence-electron chi connectivity index (χ3n) is 2.55. The van der Waals surface area contributed by atoms with Crippen LogP contribution in [0.2, 0.25) is 0 Å². The predicted octanol–water partition coefficient (Wildman–Crippen LogP) is 3.28. The Morgan fingerprint density at radius 3 is 2.80 bits per heavy atom. The van der Waals surface area contributed by atoms with Gasteiger partial charge in [0.05, 0.1) is 6.04 Å². The average molecular weight is 269 g/mol. The van der Waals surface area contributed by atoms with Crippen LogP contribution in [0.4, 0.5) is 10.5 Å². The SMILES string of the molecule is CC(C)C1NC(=O)Nc2ccc(Br)cc21. The van der Waals surface area contributed by atoms with Crippen molar-refractivity contribution >= 4 is 27.6 Å². The van der Waals surface area contributed by atoms with E-state index in [0.717, 1.165) is 15.7 Å². The molecule has 2 amide bonds. The molecule has 0 spiro atoms. The summed E-state index contributed by atoms with van der Waals surface area (Å²) in [6.07, 6.45) is 0. The van der Waals surface area contributed by atoms with Crippen LogP contribution in [-0.4, -0.2) is 6.03 Å². The molecule has 1 unspecified atom stereocenters. The molecule has 4 heteroatoms. The summed E-state index contributed by atoms with van der Waals surface area (Å²) in [7, 11) is 0. The van der Waals surface area contributed by atoms with E-state index in [1.165, 1.54) is 0 Å². The maximum Gasteiger partial charge on any atom is 0.319 e. The van der Waals surface area contributed by atoms with Gasteiger partial charge in [0.2, 0.25) is 0 Å². The van der Waals surface area contributed by atoms with Crippen molar-refractivity contribution in [2.75, 3.05) is 5.32 Å². The molecule has 3 nitrogen and oxygen atoms in total. The summed E-state index contributed by atoms with van der Waals surface area (Å²) < 4.78 is 1.03. The van der Waals surface area contributed by atoms with Gasteiger partial charge in [-0.1, -0.05) is 29.8 Å². The Morgan fingerprint density at radius 2 is 2.13 bits per heavy atom. The zero-order valence-electron chi connectivity index (χ0n) is 8.67. The molecule has 1 aliphatic heterocycles. The van der Waals surface area contributed by atoms with Crippen LogP contribution in [0.25, 0.3) is 0 Å². The van der Waals surface area contributed by atoms with Crippen LogP contribution in [0.15, 0.2) is 22.7 Å². The van der Waals surface area contributed by atoms with Crippen molar-refractivity contribution in [3.63, 3.8) is 0 Å². The van der Waals surface area contributed by atoms with Crippen molar-refractivity contribution in [3.05, 3.63) is 28.2 Å². The van der Waals surface area contributed by atoms with Crippen LogP contribution < -0.4 is 10.6 Å². The molecule has 2 N–H and O–H groups in total. The van der Waals surface area contributed by atoms with Gasteiger partial charge in [-0.2, -0.15) is 0 Å². The van der Waals surface area contributed by atoms with E-state index in [9.17, 15) is 4.79 Å². The second kappa shape index (κ2) is 3.85. The maximum absolute atomic E-state index is 11.4. The Bertz CT molecular complexity index is 404. The zero-order valence-corrected chi connectivity index (χ0v) is 10.3. The second-order valence-corrected chi connectivity index (χ2v) is 4.97. The fraction of sp³-hybridized carbons (Fsp3) is 0.364. The molecule has 0 bridgehead atoms. The number of fused-ring (bicyclic) bond motifs is 1. The first-order valence-electron chi connectivity index (χ1n) is 4.95. The van der Waals surface area contributed by atoms with Gasteiger partial charge in [-0.25, -0.2) is 4.79 Å². The molecule has 0 saturated carbocycles. The summed E-state index contributed by atoms with van der Waals surface area (Å²) in [5.41, 5.74) is 2.04. The van der Waals surface area contributed by atoms with Gasteiger partial charge < -0.3 is 10.6 Å². The molecule has 0 aromatic heterocycles. The lowest BCUT2D eigenvalue weighted by Crippen LogP contribution is -2.39. The maximum atomic E-state index is 11.4. The van der Waals surface area contributed by atoms with Gasteiger partial charge in [0, 0.05) is 10.2 Å². The number of benzene rings is 1. The molecule has 0 saturated heterocycles. The Labute approximate surface area is 97.4 Å². The molecule has 1 aromatic rings. The van der Waals surface area contributed by atoms with E-state index in [1.807, 2.05) is 18.2 Å². The molecular weight excluding hydrogens is 256 g/mol. The highest BCUT2D eigenvalue weighted by atomic mass is 79.9. The predicted molar refractivity (Wildman–Crippen MR) is 63.9 cm³/mol. The smallest absolute Gasteiger partial charge is 0.319 e. The standard InChI is InChI=1S/C11H13BrN2O/c1-6(2)10-8-5-7(12)3-4-9(8)13-11(15)14-10/h3-6,10H,1-2H3,(H2,13,14,15). The number of rotatable bonds is 1. The number of carbonyl (C=O) groups is 1. The molecule has 1 heterocycles. The molecule has 1 aromatic carbocycles. The fourth-order valence-corrected chi connectivity index (χ4v) is 2.19.